The van der Waals surface area contributed by atoms with Crippen LogP contribution in [0.15, 0.2) is 194 Å². The minimum absolute atomic E-state index is 0.0749. The summed E-state index contributed by atoms with van der Waals surface area (Å²) in [6.45, 7) is 2.33. The van der Waals surface area contributed by atoms with Gasteiger partial charge in [0.1, 0.15) is 25.4 Å². The highest BCUT2D eigenvalue weighted by atomic mass is 31.2. The molecule has 0 aromatic heterocycles. The van der Waals surface area contributed by atoms with Crippen LogP contribution in [0.25, 0.3) is 0 Å². The monoisotopic (exact) mass is 1670 g/mol. The molecule has 117 heavy (non-hydrogen) atoms. The van der Waals surface area contributed by atoms with Gasteiger partial charge in [-0.3, -0.25) is 32.5 Å². The van der Waals surface area contributed by atoms with Crippen molar-refractivity contribution in [2.75, 3.05) is 39.6 Å². The lowest BCUT2D eigenvalue weighted by Gasteiger charge is -2.21. The Labute approximate surface area is 712 Å². The van der Waals surface area contributed by atoms with Crippen molar-refractivity contribution < 1.29 is 75.8 Å². The van der Waals surface area contributed by atoms with Crippen LogP contribution in [-0.4, -0.2) is 95.9 Å². The molecule has 0 aliphatic heterocycles. The third-order valence-corrected chi connectivity index (χ3v) is 20.7. The van der Waals surface area contributed by atoms with Gasteiger partial charge in [0.25, 0.3) is 0 Å². The molecule has 5 atom stereocenters. The average Bonchev–Trinajstić information content (AvgIpc) is 0.900. The Hall–Kier alpha value is -5.61. The molecule has 0 amide bonds. The molecule has 4 N–H and O–H groups in total. The van der Waals surface area contributed by atoms with Crippen LogP contribution in [0.2, 0.25) is 0 Å². The molecular formula is C99H164O16P2. The largest absolute Gasteiger partial charge is 0.472 e. The lowest BCUT2D eigenvalue weighted by Crippen LogP contribution is -2.30. The van der Waals surface area contributed by atoms with E-state index in [4.69, 9.17) is 32.3 Å². The molecule has 0 aromatic rings. The van der Waals surface area contributed by atoms with Gasteiger partial charge in [-0.1, -0.05) is 369 Å². The highest BCUT2D eigenvalue weighted by Crippen LogP contribution is 2.45. The molecule has 0 fully saturated rings. The van der Waals surface area contributed by atoms with Crippen molar-refractivity contribution in [3.63, 3.8) is 0 Å². The van der Waals surface area contributed by atoms with Crippen LogP contribution in [0.1, 0.15) is 355 Å². The van der Waals surface area contributed by atoms with E-state index in [1.165, 1.54) is 109 Å². The summed E-state index contributed by atoms with van der Waals surface area (Å²) in [6, 6.07) is 0. The van der Waals surface area contributed by atoms with Crippen molar-refractivity contribution >= 4 is 33.6 Å². The lowest BCUT2D eigenvalue weighted by molar-refractivity contribution is -0.161. The molecular weight excluding hydrogens is 1510 g/mol. The van der Waals surface area contributed by atoms with Gasteiger partial charge in [0.05, 0.1) is 26.4 Å². The Kier molecular flexibility index (Phi) is 85.3. The molecule has 0 saturated carbocycles. The number of esters is 3. The first-order chi connectivity index (χ1) is 57.2. The zero-order valence-electron chi connectivity index (χ0n) is 73.3. The predicted molar refractivity (Wildman–Crippen MR) is 491 cm³/mol. The number of aliphatic hydroxyl groups excluding tert-OH is 2. The molecule has 0 aliphatic carbocycles. The first kappa shape index (κ1) is 111. The summed E-state index contributed by atoms with van der Waals surface area (Å²) in [5, 5.41) is 20.7. The molecule has 16 nitrogen and oxygen atoms in total. The van der Waals surface area contributed by atoms with Crippen LogP contribution in [-0.2, 0) is 55.8 Å². The van der Waals surface area contributed by atoms with Crippen molar-refractivity contribution in [3.05, 3.63) is 194 Å². The highest BCUT2D eigenvalue weighted by molar-refractivity contribution is 7.47. The van der Waals surface area contributed by atoms with E-state index in [-0.39, 0.29) is 19.3 Å². The normalized spacial score (nSPS) is 14.7. The summed E-state index contributed by atoms with van der Waals surface area (Å²) in [7, 11) is -9.82. The van der Waals surface area contributed by atoms with Gasteiger partial charge < -0.3 is 34.2 Å². The van der Waals surface area contributed by atoms with E-state index in [2.05, 4.69) is 215 Å². The van der Waals surface area contributed by atoms with Crippen LogP contribution < -0.4 is 0 Å². The van der Waals surface area contributed by atoms with Gasteiger partial charge in [0.15, 0.2) is 6.10 Å². The molecule has 0 radical (unpaired) electrons. The molecule has 0 rings (SSSR count). The van der Waals surface area contributed by atoms with Gasteiger partial charge in [-0.15, -0.1) is 0 Å². The summed E-state index contributed by atoms with van der Waals surface area (Å²) in [5.74, 6) is -1.60. The average molecular weight is 1670 g/mol. The third-order valence-electron chi connectivity index (χ3n) is 18.8. The van der Waals surface area contributed by atoms with Gasteiger partial charge in [-0.05, 0) is 161 Å². The van der Waals surface area contributed by atoms with Gasteiger partial charge in [0.2, 0.25) is 0 Å². The Morgan fingerprint density at radius 2 is 0.427 bits per heavy atom. The van der Waals surface area contributed by atoms with Crippen molar-refractivity contribution in [1.29, 1.82) is 0 Å². The number of carbonyl (C=O) groups is 3. The van der Waals surface area contributed by atoms with Gasteiger partial charge in [-0.2, -0.15) is 0 Å². The predicted octanol–water partition coefficient (Wildman–Crippen LogP) is 28.2. The van der Waals surface area contributed by atoms with Gasteiger partial charge >= 0.3 is 33.6 Å². The number of allylic oxidation sites excluding steroid dienone is 32. The SMILES string of the molecule is CC/C=C\C/C=C\C/C=C\C/C=C\C/C=C\C/C=C\CCCCCCCCCCCCCCCCCCC(=O)OCC(O)COP(=O)(O)OCC(O)COP(=O)(O)OCC(COC(=O)CCCCCCCCCCC/C=C\C/C=C\C/C=C\C/C=C\C/C=C\CC)OC(=O)CCCCCCC/C=C\C/C=C\C/C=C\C/C=C\C/C=C\CC. The Morgan fingerprint density at radius 3 is 0.675 bits per heavy atom. The Morgan fingerprint density at radius 1 is 0.239 bits per heavy atom. The number of hydrogen-bond acceptors (Lipinski definition) is 14. The number of unbranched alkanes of at least 4 members (excludes halogenated alkanes) is 30. The topological polar surface area (TPSA) is 231 Å². The minimum atomic E-state index is -4.95. The zero-order valence-corrected chi connectivity index (χ0v) is 75.1. The fourth-order valence-electron chi connectivity index (χ4n) is 12.0. The van der Waals surface area contributed by atoms with Crippen molar-refractivity contribution in [2.24, 2.45) is 0 Å². The second-order valence-corrected chi connectivity index (χ2v) is 32.9. The molecule has 0 aromatic carbocycles. The number of rotatable bonds is 85. The van der Waals surface area contributed by atoms with E-state index in [0.717, 1.165) is 186 Å². The Bertz CT molecular complexity index is 2910. The van der Waals surface area contributed by atoms with Gasteiger partial charge in [0, 0.05) is 19.3 Å². The molecule has 18 heteroatoms. The van der Waals surface area contributed by atoms with Crippen LogP contribution in [0.3, 0.4) is 0 Å². The molecule has 0 saturated heterocycles. The number of phosphoric ester groups is 2. The fourth-order valence-corrected chi connectivity index (χ4v) is 13.6. The molecule has 666 valence electrons. The van der Waals surface area contributed by atoms with E-state index in [1.54, 1.807) is 0 Å². The number of ether oxygens (including phenoxy) is 3. The van der Waals surface area contributed by atoms with E-state index >= 15 is 0 Å². The van der Waals surface area contributed by atoms with E-state index in [1.807, 2.05) is 0 Å². The molecule has 5 unspecified atom stereocenters. The molecule has 0 bridgehead atoms. The maximum Gasteiger partial charge on any atom is 0.472 e. The van der Waals surface area contributed by atoms with Crippen molar-refractivity contribution in [1.82, 2.24) is 0 Å². The Balaban J connectivity index is 4.56. The summed E-state index contributed by atoms with van der Waals surface area (Å²) in [5.41, 5.74) is 0. The third kappa shape index (κ3) is 91.0. The quantitative estimate of drug-likeness (QED) is 0.0146. The first-order valence-electron chi connectivity index (χ1n) is 45.7. The number of hydrogen-bond donors (Lipinski definition) is 4. The summed E-state index contributed by atoms with van der Waals surface area (Å²) >= 11 is 0. The highest BCUT2D eigenvalue weighted by Gasteiger charge is 2.29. The maximum absolute atomic E-state index is 13.1. The molecule has 0 heterocycles. The van der Waals surface area contributed by atoms with E-state index < -0.39 is 91.5 Å². The van der Waals surface area contributed by atoms with Crippen LogP contribution in [0, 0.1) is 0 Å². The zero-order chi connectivity index (χ0) is 85.1. The smallest absolute Gasteiger partial charge is 0.463 e. The van der Waals surface area contributed by atoms with Crippen molar-refractivity contribution in [2.45, 2.75) is 373 Å². The van der Waals surface area contributed by atoms with Crippen molar-refractivity contribution in [3.8, 4) is 0 Å². The van der Waals surface area contributed by atoms with Crippen LogP contribution in [0.5, 0.6) is 0 Å². The van der Waals surface area contributed by atoms with E-state index in [0.29, 0.717) is 19.3 Å². The first-order valence-corrected chi connectivity index (χ1v) is 48.7. The lowest BCUT2D eigenvalue weighted by atomic mass is 10.0. The summed E-state index contributed by atoms with van der Waals surface area (Å²) < 4.78 is 61.4. The summed E-state index contributed by atoms with van der Waals surface area (Å²) in [6.07, 6.45) is 119. The van der Waals surface area contributed by atoms with Gasteiger partial charge in [-0.25, -0.2) is 9.13 Å². The number of aliphatic hydroxyl groups is 2. The summed E-state index contributed by atoms with van der Waals surface area (Å²) in [4.78, 5) is 59.0. The number of carbonyl (C=O) groups excluding carboxylic acids is 3. The van der Waals surface area contributed by atoms with Crippen LogP contribution in [0.4, 0.5) is 0 Å². The fraction of sp³-hybridized carbons (Fsp3) is 0.646. The minimum Gasteiger partial charge on any atom is -0.463 e. The van der Waals surface area contributed by atoms with E-state index in [9.17, 15) is 43.5 Å². The molecule has 0 aliphatic rings. The second kappa shape index (κ2) is 89.6. The standard InChI is InChI=1S/C99H164O16P2/c1-4-7-10-13-16-19-22-25-28-31-34-37-39-41-42-43-44-45-46-47-48-49-50-52-54-56-58-61-64-67-70-73-76-79-82-85-97(102)109-88-94(100)89-111-116(105,106)112-90-95(101)91-113-117(107,108)114-93-96(115-99(104)87-84-81-78-75-72-69-66-63-60-55-36-33-30-27-24-21-18-15-12-9-6-3)92-110-98(103)86-83-80-77-74-71-68-65-62-59-57-53-51-40-38-35-32-29-26-23-20-17-14-11-8-5-2/h7-12,16-21,25-30,34-38,41-42,44-45,51,53,55,63,66,94-96,100-101H,4-6,13-15,22-24,31-33,39-40,43,46-50,52,54,56-62,64-65,67-93H2,1-3H3,(H,105,106)(H,107,108)/b10-7-,11-8-,12-9-,19-16-,20-17-,21-18-,28-25-,29-26-,30-27-,37-34-,38-35-,42-41-,45-44-,53-51-,55-36-,66-63-. The second-order valence-electron chi connectivity index (χ2n) is 30.0. The van der Waals surface area contributed by atoms with Crippen LogP contribution >= 0.6 is 15.6 Å². The number of phosphoric acid groups is 2. The maximum atomic E-state index is 13.1. The molecule has 0 spiro atoms.